The van der Waals surface area contributed by atoms with E-state index in [1.807, 2.05) is 32.0 Å². The lowest BCUT2D eigenvalue weighted by Gasteiger charge is -2.14. The average molecular weight is 482 g/mol. The Labute approximate surface area is 201 Å². The highest BCUT2D eigenvalue weighted by molar-refractivity contribution is 7.99. The van der Waals surface area contributed by atoms with Gasteiger partial charge >= 0.3 is 0 Å². The molecule has 2 aromatic carbocycles. The van der Waals surface area contributed by atoms with Crippen LogP contribution >= 0.6 is 23.4 Å². The van der Waals surface area contributed by atoms with E-state index in [1.165, 1.54) is 16.3 Å². The maximum absolute atomic E-state index is 13.4. The Balaban J connectivity index is 1.71. The topological polar surface area (TPSA) is 66.1 Å². The maximum atomic E-state index is 13.4. The molecule has 0 spiro atoms. The molecule has 0 N–H and O–H groups in total. The number of aromatic nitrogens is 3. The van der Waals surface area contributed by atoms with Gasteiger partial charge in [0.1, 0.15) is 0 Å². The fourth-order valence-electron chi connectivity index (χ4n) is 3.87. The summed E-state index contributed by atoms with van der Waals surface area (Å²) in [5.41, 5.74) is 3.48. The van der Waals surface area contributed by atoms with Crippen LogP contribution in [0.25, 0.3) is 16.6 Å². The van der Waals surface area contributed by atoms with E-state index in [4.69, 9.17) is 21.3 Å². The van der Waals surface area contributed by atoms with Crippen LogP contribution in [-0.2, 0) is 11.3 Å². The monoisotopic (exact) mass is 481 g/mol. The first-order valence-electron chi connectivity index (χ1n) is 10.5. The van der Waals surface area contributed by atoms with Crippen LogP contribution in [0, 0.1) is 13.8 Å². The Kier molecular flexibility index (Phi) is 7.02. The molecule has 0 unspecified atom stereocenters. The molecule has 0 saturated heterocycles. The van der Waals surface area contributed by atoms with Gasteiger partial charge < -0.3 is 9.30 Å². The number of para-hydroxylation sites is 2. The van der Waals surface area contributed by atoms with Gasteiger partial charge in [0.25, 0.3) is 5.56 Å². The fourth-order valence-corrected chi connectivity index (χ4v) is 4.98. The maximum Gasteiger partial charge on any atom is 0.266 e. The summed E-state index contributed by atoms with van der Waals surface area (Å²) in [4.78, 5) is 31.2. The largest absolute Gasteiger partial charge is 0.383 e. The second-order valence-corrected chi connectivity index (χ2v) is 8.99. The summed E-state index contributed by atoms with van der Waals surface area (Å²) in [6.45, 7) is 5.18. The number of hydrogen-bond donors (Lipinski definition) is 0. The van der Waals surface area contributed by atoms with Crippen LogP contribution in [0.1, 0.15) is 21.7 Å². The molecule has 0 atom stereocenters. The van der Waals surface area contributed by atoms with Crippen molar-refractivity contribution < 1.29 is 9.53 Å². The molecule has 2 aromatic heterocycles. The number of fused-ring (bicyclic) bond motifs is 1. The number of ether oxygens (including phenoxy) is 1. The number of aryl methyl sites for hydroxylation is 1. The lowest BCUT2D eigenvalue weighted by atomic mass is 10.2. The Bertz CT molecular complexity index is 1390. The number of halogens is 1. The van der Waals surface area contributed by atoms with E-state index in [2.05, 4.69) is 4.57 Å². The van der Waals surface area contributed by atoms with Crippen LogP contribution < -0.4 is 5.56 Å². The summed E-state index contributed by atoms with van der Waals surface area (Å²) >= 11 is 7.65. The lowest BCUT2D eigenvalue weighted by molar-refractivity contribution is 0.102. The Morgan fingerprint density at radius 3 is 2.61 bits per heavy atom. The molecule has 0 aliphatic carbocycles. The van der Waals surface area contributed by atoms with Crippen LogP contribution in [0.3, 0.4) is 0 Å². The molecular formula is C25H24ClN3O3S. The fraction of sp³-hybridized carbons (Fsp3) is 0.240. The summed E-state index contributed by atoms with van der Waals surface area (Å²) in [5, 5.41) is 1.36. The van der Waals surface area contributed by atoms with Crippen LogP contribution in [0.15, 0.2) is 64.5 Å². The van der Waals surface area contributed by atoms with E-state index >= 15 is 0 Å². The summed E-state index contributed by atoms with van der Waals surface area (Å²) in [6.07, 6.45) is 0. The smallest absolute Gasteiger partial charge is 0.266 e. The van der Waals surface area contributed by atoms with Gasteiger partial charge in [0.15, 0.2) is 10.9 Å². The van der Waals surface area contributed by atoms with Gasteiger partial charge in [0.2, 0.25) is 0 Å². The molecule has 0 amide bonds. The molecule has 0 aliphatic heterocycles. The molecule has 4 aromatic rings. The molecule has 0 radical (unpaired) electrons. The lowest BCUT2D eigenvalue weighted by Crippen LogP contribution is -2.22. The minimum Gasteiger partial charge on any atom is -0.383 e. The van der Waals surface area contributed by atoms with Gasteiger partial charge in [0, 0.05) is 30.6 Å². The number of benzene rings is 2. The second-order valence-electron chi connectivity index (χ2n) is 7.64. The molecule has 6 nitrogen and oxygen atoms in total. The third-order valence-electron chi connectivity index (χ3n) is 5.56. The van der Waals surface area contributed by atoms with Crippen molar-refractivity contribution in [2.24, 2.45) is 0 Å². The third-order valence-corrected chi connectivity index (χ3v) is 6.82. The van der Waals surface area contributed by atoms with Crippen LogP contribution in [0.5, 0.6) is 0 Å². The van der Waals surface area contributed by atoms with Gasteiger partial charge in [-0.1, -0.05) is 47.6 Å². The third kappa shape index (κ3) is 4.62. The van der Waals surface area contributed by atoms with E-state index in [0.29, 0.717) is 45.5 Å². The molecular weight excluding hydrogens is 458 g/mol. The number of nitrogens with zero attached hydrogens (tertiary/aromatic N) is 3. The van der Waals surface area contributed by atoms with Crippen molar-refractivity contribution in [2.75, 3.05) is 19.5 Å². The van der Waals surface area contributed by atoms with Gasteiger partial charge in [-0.2, -0.15) is 0 Å². The summed E-state index contributed by atoms with van der Waals surface area (Å²) < 4.78 is 8.75. The summed E-state index contributed by atoms with van der Waals surface area (Å²) in [5.74, 6) is 0.119. The van der Waals surface area contributed by atoms with Crippen LogP contribution in [0.2, 0.25) is 5.02 Å². The van der Waals surface area contributed by atoms with E-state index < -0.39 is 0 Å². The number of carbonyl (C=O) groups is 1. The molecule has 4 rings (SSSR count). The molecule has 33 heavy (non-hydrogen) atoms. The molecule has 0 aliphatic rings. The van der Waals surface area contributed by atoms with Gasteiger partial charge in [-0.05, 0) is 44.2 Å². The highest BCUT2D eigenvalue weighted by atomic mass is 35.5. The van der Waals surface area contributed by atoms with Gasteiger partial charge in [-0.25, -0.2) is 4.98 Å². The summed E-state index contributed by atoms with van der Waals surface area (Å²) in [7, 11) is 1.66. The number of ketones is 1. The van der Waals surface area contributed by atoms with Crippen LogP contribution in [-0.4, -0.2) is 39.4 Å². The van der Waals surface area contributed by atoms with E-state index in [1.54, 1.807) is 43.5 Å². The van der Waals surface area contributed by atoms with E-state index in [-0.39, 0.29) is 17.1 Å². The minimum absolute atomic E-state index is 0.0233. The van der Waals surface area contributed by atoms with Crippen LogP contribution in [0.4, 0.5) is 0 Å². The predicted octanol–water partition coefficient (Wildman–Crippen LogP) is 5.08. The van der Waals surface area contributed by atoms with E-state index in [0.717, 1.165) is 11.4 Å². The number of thioether (sulfide) groups is 1. The van der Waals surface area contributed by atoms with Gasteiger partial charge in [0.05, 0.1) is 34.0 Å². The molecule has 0 bridgehead atoms. The second kappa shape index (κ2) is 9.95. The number of rotatable bonds is 8. The number of hydrogen-bond acceptors (Lipinski definition) is 5. The number of Topliss-reactive ketones (excluding diaryl/α,β-unsaturated/α-hetero) is 1. The zero-order valence-corrected chi connectivity index (χ0v) is 20.2. The predicted molar refractivity (Wildman–Crippen MR) is 133 cm³/mol. The van der Waals surface area contributed by atoms with Crippen molar-refractivity contribution in [3.63, 3.8) is 0 Å². The van der Waals surface area contributed by atoms with Crippen molar-refractivity contribution in [3.8, 4) is 5.69 Å². The normalized spacial score (nSPS) is 11.3. The SMILES string of the molecule is COCCn1c(C)cc(C(=O)CSc2nc3ccccc3c(=O)n2-c2ccccc2Cl)c1C. The molecule has 0 fully saturated rings. The summed E-state index contributed by atoms with van der Waals surface area (Å²) in [6, 6.07) is 16.2. The van der Waals surface area contributed by atoms with E-state index in [9.17, 15) is 9.59 Å². The van der Waals surface area contributed by atoms with Crippen molar-refractivity contribution in [1.29, 1.82) is 0 Å². The van der Waals surface area contributed by atoms with Crippen molar-refractivity contribution in [1.82, 2.24) is 14.1 Å². The first-order chi connectivity index (χ1) is 15.9. The molecule has 170 valence electrons. The quantitative estimate of drug-likeness (QED) is 0.199. The minimum atomic E-state index is -0.221. The standard InChI is InChI=1S/C25H24ClN3O3S/c1-16-14-19(17(2)28(16)12-13-32-3)23(30)15-33-25-27-21-10-6-4-8-18(21)24(31)29(25)22-11-7-5-9-20(22)26/h4-11,14H,12-13,15H2,1-3H3. The molecule has 2 heterocycles. The molecule has 0 saturated carbocycles. The van der Waals surface area contributed by atoms with Crippen molar-refractivity contribution in [3.05, 3.63) is 86.9 Å². The zero-order valence-electron chi connectivity index (χ0n) is 18.7. The highest BCUT2D eigenvalue weighted by Gasteiger charge is 2.19. The van der Waals surface area contributed by atoms with Gasteiger partial charge in [-0.15, -0.1) is 0 Å². The van der Waals surface area contributed by atoms with Crippen molar-refractivity contribution in [2.45, 2.75) is 25.5 Å². The Morgan fingerprint density at radius 1 is 1.12 bits per heavy atom. The van der Waals surface area contributed by atoms with Gasteiger partial charge in [-0.3, -0.25) is 14.2 Å². The molecule has 8 heteroatoms. The first-order valence-corrected chi connectivity index (χ1v) is 11.9. The number of methoxy groups -OCH3 is 1. The Morgan fingerprint density at radius 2 is 1.85 bits per heavy atom. The average Bonchev–Trinajstić information content (AvgIpc) is 3.10. The van der Waals surface area contributed by atoms with Crippen molar-refractivity contribution >= 4 is 40.0 Å². The highest BCUT2D eigenvalue weighted by Crippen LogP contribution is 2.27. The number of carbonyl (C=O) groups excluding carboxylic acids is 1. The zero-order chi connectivity index (χ0) is 23.5. The Hall–Kier alpha value is -2.87. The first kappa shape index (κ1) is 23.3.